The van der Waals surface area contributed by atoms with E-state index in [9.17, 15) is 4.79 Å². The number of aryl methyl sites for hydroxylation is 2. The molecule has 0 unspecified atom stereocenters. The highest BCUT2D eigenvalue weighted by Gasteiger charge is 2.21. The van der Waals surface area contributed by atoms with E-state index in [1.807, 2.05) is 19.9 Å². The molecule has 3 aromatic heterocycles. The van der Waals surface area contributed by atoms with Crippen LogP contribution in [-0.2, 0) is 6.42 Å². The average molecular weight is 357 g/mol. The number of nitrogens with zero attached hydrogens (tertiary/aromatic N) is 7. The maximum Gasteiger partial charge on any atom is 0.275 e. The molecule has 0 aliphatic carbocycles. The Morgan fingerprint density at radius 2 is 1.92 bits per heavy atom. The topological polar surface area (TPSA) is 79.5 Å². The van der Waals surface area contributed by atoms with Crippen LogP contribution in [0.4, 0.5) is 10.9 Å². The van der Waals surface area contributed by atoms with E-state index in [0.717, 1.165) is 55.1 Å². The van der Waals surface area contributed by atoms with Gasteiger partial charge in [-0.2, -0.15) is 4.52 Å². The van der Waals surface area contributed by atoms with Crippen molar-refractivity contribution in [3.05, 3.63) is 40.2 Å². The molecule has 4 heterocycles. The predicted molar refractivity (Wildman–Crippen MR) is 97.7 cm³/mol. The fraction of sp³-hybridized carbons (Fsp3) is 0.438. The highest BCUT2D eigenvalue weighted by atomic mass is 32.1. The number of aromatic nitrogens is 5. The Kier molecular flexibility index (Phi) is 4.08. The number of anilines is 2. The van der Waals surface area contributed by atoms with E-state index in [4.69, 9.17) is 0 Å². The maximum absolute atomic E-state index is 12.1. The first-order chi connectivity index (χ1) is 12.1. The zero-order valence-electron chi connectivity index (χ0n) is 14.2. The Bertz CT molecular complexity index is 959. The molecule has 0 amide bonds. The molecule has 0 atom stereocenters. The smallest absolute Gasteiger partial charge is 0.275 e. The normalized spacial score (nSPS) is 15.1. The SMILES string of the molecule is CCc1cc(=O)n2nc(N3CCN(c4ccnc(C)n4)CC3)sc2n1. The minimum Gasteiger partial charge on any atom is -0.353 e. The van der Waals surface area contributed by atoms with Gasteiger partial charge >= 0.3 is 0 Å². The van der Waals surface area contributed by atoms with Gasteiger partial charge in [0.05, 0.1) is 0 Å². The lowest BCUT2D eigenvalue weighted by molar-refractivity contribution is 0.640. The van der Waals surface area contributed by atoms with E-state index in [2.05, 4.69) is 29.9 Å². The quantitative estimate of drug-likeness (QED) is 0.695. The molecule has 8 nitrogen and oxygen atoms in total. The van der Waals surface area contributed by atoms with E-state index >= 15 is 0 Å². The molecule has 9 heteroatoms. The monoisotopic (exact) mass is 357 g/mol. The van der Waals surface area contributed by atoms with Crippen LogP contribution in [0.25, 0.3) is 4.96 Å². The molecular formula is C16H19N7OS. The van der Waals surface area contributed by atoms with Crippen LogP contribution in [0, 0.1) is 6.92 Å². The molecule has 0 saturated carbocycles. The largest absolute Gasteiger partial charge is 0.353 e. The highest BCUT2D eigenvalue weighted by molar-refractivity contribution is 7.20. The number of rotatable bonds is 3. The molecule has 0 spiro atoms. The van der Waals surface area contributed by atoms with Crippen LogP contribution in [-0.4, -0.2) is 50.7 Å². The second kappa shape index (κ2) is 6.40. The molecule has 0 bridgehead atoms. The fourth-order valence-corrected chi connectivity index (χ4v) is 3.88. The van der Waals surface area contributed by atoms with Crippen LogP contribution in [0.3, 0.4) is 0 Å². The fourth-order valence-electron chi connectivity index (χ4n) is 2.90. The Balaban J connectivity index is 1.53. The number of fused-ring (bicyclic) bond motifs is 1. The minimum atomic E-state index is -0.112. The third kappa shape index (κ3) is 3.07. The van der Waals surface area contributed by atoms with Crippen LogP contribution in [0.15, 0.2) is 23.1 Å². The summed E-state index contributed by atoms with van der Waals surface area (Å²) in [4.78, 5) is 30.4. The van der Waals surface area contributed by atoms with Gasteiger partial charge in [0.15, 0.2) is 0 Å². The van der Waals surface area contributed by atoms with Crippen LogP contribution < -0.4 is 15.4 Å². The van der Waals surface area contributed by atoms with Crippen LogP contribution in [0.1, 0.15) is 18.4 Å². The molecule has 4 rings (SSSR count). The summed E-state index contributed by atoms with van der Waals surface area (Å²) in [6, 6.07) is 3.50. The Morgan fingerprint density at radius 3 is 2.64 bits per heavy atom. The Labute approximate surface area is 148 Å². The number of hydrogen-bond acceptors (Lipinski definition) is 8. The first-order valence-corrected chi connectivity index (χ1v) is 9.15. The summed E-state index contributed by atoms with van der Waals surface area (Å²) in [6.07, 6.45) is 2.54. The van der Waals surface area contributed by atoms with Crippen molar-refractivity contribution < 1.29 is 0 Å². The molecule has 1 fully saturated rings. The van der Waals surface area contributed by atoms with Crippen molar-refractivity contribution in [2.45, 2.75) is 20.3 Å². The molecule has 25 heavy (non-hydrogen) atoms. The van der Waals surface area contributed by atoms with Crippen molar-refractivity contribution in [1.82, 2.24) is 24.6 Å². The van der Waals surface area contributed by atoms with E-state index in [-0.39, 0.29) is 5.56 Å². The summed E-state index contributed by atoms with van der Waals surface area (Å²) in [7, 11) is 0. The second-order valence-electron chi connectivity index (χ2n) is 5.95. The van der Waals surface area contributed by atoms with Gasteiger partial charge in [0.2, 0.25) is 10.1 Å². The van der Waals surface area contributed by atoms with E-state index in [1.165, 1.54) is 15.9 Å². The van der Waals surface area contributed by atoms with Crippen molar-refractivity contribution in [3.8, 4) is 0 Å². The summed E-state index contributed by atoms with van der Waals surface area (Å²) < 4.78 is 1.40. The van der Waals surface area contributed by atoms with Crippen molar-refractivity contribution in [3.63, 3.8) is 0 Å². The average Bonchev–Trinajstić information content (AvgIpc) is 3.06. The van der Waals surface area contributed by atoms with Gasteiger partial charge in [-0.25, -0.2) is 15.0 Å². The number of piperazine rings is 1. The minimum absolute atomic E-state index is 0.112. The van der Waals surface area contributed by atoms with E-state index in [1.54, 1.807) is 12.3 Å². The molecule has 3 aromatic rings. The molecule has 1 aliphatic heterocycles. The molecule has 0 radical (unpaired) electrons. The zero-order valence-corrected chi connectivity index (χ0v) is 15.0. The van der Waals surface area contributed by atoms with Gasteiger partial charge in [-0.1, -0.05) is 18.3 Å². The highest BCUT2D eigenvalue weighted by Crippen LogP contribution is 2.23. The lowest BCUT2D eigenvalue weighted by Crippen LogP contribution is -2.47. The van der Waals surface area contributed by atoms with Crippen molar-refractivity contribution in [2.24, 2.45) is 0 Å². The molecule has 1 saturated heterocycles. The standard InChI is InChI=1S/C16H19N7OS/c1-3-12-10-14(24)23-15(19-12)25-16(20-23)22-8-6-21(7-9-22)13-4-5-17-11(2)18-13/h4-5,10H,3,6-9H2,1-2H3. The van der Waals surface area contributed by atoms with Gasteiger partial charge < -0.3 is 9.80 Å². The summed E-state index contributed by atoms with van der Waals surface area (Å²) >= 11 is 1.47. The second-order valence-corrected chi connectivity index (χ2v) is 6.89. The number of hydrogen-bond donors (Lipinski definition) is 0. The van der Waals surface area contributed by atoms with Crippen molar-refractivity contribution >= 4 is 27.2 Å². The van der Waals surface area contributed by atoms with Gasteiger partial charge in [-0.3, -0.25) is 4.79 Å². The zero-order chi connectivity index (χ0) is 17.4. The van der Waals surface area contributed by atoms with Gasteiger partial charge in [-0.15, -0.1) is 5.10 Å². The van der Waals surface area contributed by atoms with Gasteiger partial charge in [0.1, 0.15) is 11.6 Å². The first kappa shape index (κ1) is 15.9. The van der Waals surface area contributed by atoms with Crippen LogP contribution in [0.2, 0.25) is 0 Å². The molecule has 0 N–H and O–H groups in total. The third-order valence-corrected chi connectivity index (χ3v) is 5.25. The molecular weight excluding hydrogens is 338 g/mol. The Hall–Kier alpha value is -2.55. The van der Waals surface area contributed by atoms with Gasteiger partial charge in [-0.05, 0) is 19.4 Å². The maximum atomic E-state index is 12.1. The summed E-state index contributed by atoms with van der Waals surface area (Å²) in [6.45, 7) is 7.27. The predicted octanol–water partition coefficient (Wildman–Crippen LogP) is 1.14. The van der Waals surface area contributed by atoms with Crippen LogP contribution >= 0.6 is 11.3 Å². The van der Waals surface area contributed by atoms with E-state index in [0.29, 0.717) is 4.96 Å². The summed E-state index contributed by atoms with van der Waals surface area (Å²) in [5.41, 5.74) is 0.698. The van der Waals surface area contributed by atoms with E-state index < -0.39 is 0 Å². The molecule has 130 valence electrons. The van der Waals surface area contributed by atoms with Crippen molar-refractivity contribution in [1.29, 1.82) is 0 Å². The Morgan fingerprint density at radius 1 is 1.16 bits per heavy atom. The van der Waals surface area contributed by atoms with Crippen molar-refractivity contribution in [2.75, 3.05) is 36.0 Å². The first-order valence-electron chi connectivity index (χ1n) is 8.33. The van der Waals surface area contributed by atoms with Gasteiger partial charge in [0, 0.05) is 44.1 Å². The third-order valence-electron chi connectivity index (χ3n) is 4.29. The molecule has 1 aliphatic rings. The van der Waals surface area contributed by atoms with Gasteiger partial charge in [0.25, 0.3) is 5.56 Å². The summed E-state index contributed by atoms with van der Waals surface area (Å²) in [5, 5.41) is 5.31. The lowest BCUT2D eigenvalue weighted by Gasteiger charge is -2.35. The van der Waals surface area contributed by atoms with Crippen LogP contribution in [0.5, 0.6) is 0 Å². The molecule has 0 aromatic carbocycles. The summed E-state index contributed by atoms with van der Waals surface area (Å²) in [5.74, 6) is 1.74. The lowest BCUT2D eigenvalue weighted by atomic mass is 10.3.